The summed E-state index contributed by atoms with van der Waals surface area (Å²) in [6.07, 6.45) is 0. The minimum Gasteiger partial charge on any atom is -0.497 e. The molecule has 0 aliphatic carbocycles. The van der Waals surface area contributed by atoms with E-state index in [0.29, 0.717) is 22.4 Å². The Kier molecular flexibility index (Phi) is 4.27. The largest absolute Gasteiger partial charge is 0.497 e. The van der Waals surface area contributed by atoms with Crippen LogP contribution >= 0.6 is 15.9 Å². The topological polar surface area (TPSA) is 47.3 Å². The second kappa shape index (κ2) is 5.93. The highest BCUT2D eigenvalue weighted by Crippen LogP contribution is 2.27. The van der Waals surface area contributed by atoms with Gasteiger partial charge in [0.25, 0.3) is 0 Å². The number of halogens is 2. The van der Waals surface area contributed by atoms with Gasteiger partial charge in [-0.1, -0.05) is 12.1 Å². The number of rotatable bonds is 4. The molecule has 0 heterocycles. The van der Waals surface area contributed by atoms with Gasteiger partial charge in [-0.05, 0) is 39.7 Å². The van der Waals surface area contributed by atoms with Crippen LogP contribution in [0, 0.1) is 5.82 Å². The first kappa shape index (κ1) is 13.7. The molecule has 0 unspecified atom stereocenters. The quantitative estimate of drug-likeness (QED) is 0.841. The Hall–Kier alpha value is -1.75. The van der Waals surface area contributed by atoms with Crippen molar-refractivity contribution in [2.75, 3.05) is 18.2 Å². The predicted molar refractivity (Wildman–Crippen MR) is 78.8 cm³/mol. The summed E-state index contributed by atoms with van der Waals surface area (Å²) in [7, 11) is 1.63. The lowest BCUT2D eigenvalue weighted by molar-refractivity contribution is 0.414. The van der Waals surface area contributed by atoms with Gasteiger partial charge in [-0.2, -0.15) is 0 Å². The molecule has 0 fully saturated rings. The van der Waals surface area contributed by atoms with Crippen LogP contribution in [-0.2, 0) is 6.54 Å². The maximum absolute atomic E-state index is 13.2. The highest BCUT2D eigenvalue weighted by molar-refractivity contribution is 9.10. The Balaban J connectivity index is 2.07. The van der Waals surface area contributed by atoms with Crippen molar-refractivity contribution in [1.82, 2.24) is 0 Å². The average Bonchev–Trinajstić information content (AvgIpc) is 2.42. The van der Waals surface area contributed by atoms with Gasteiger partial charge < -0.3 is 15.8 Å². The zero-order valence-corrected chi connectivity index (χ0v) is 12.0. The van der Waals surface area contributed by atoms with E-state index in [0.717, 1.165) is 11.3 Å². The van der Waals surface area contributed by atoms with Gasteiger partial charge in [-0.3, -0.25) is 0 Å². The molecule has 2 rings (SSSR count). The Morgan fingerprint density at radius 3 is 2.58 bits per heavy atom. The van der Waals surface area contributed by atoms with E-state index in [4.69, 9.17) is 10.5 Å². The molecule has 0 aliphatic heterocycles. The predicted octanol–water partition coefficient (Wildman–Crippen LogP) is 3.79. The van der Waals surface area contributed by atoms with Crippen molar-refractivity contribution >= 4 is 27.3 Å². The molecule has 0 saturated heterocycles. The van der Waals surface area contributed by atoms with Crippen molar-refractivity contribution in [3.8, 4) is 5.75 Å². The lowest BCUT2D eigenvalue weighted by Crippen LogP contribution is -2.03. The van der Waals surface area contributed by atoms with Gasteiger partial charge in [-0.25, -0.2) is 4.39 Å². The Labute approximate surface area is 119 Å². The van der Waals surface area contributed by atoms with Crippen molar-refractivity contribution in [2.45, 2.75) is 6.54 Å². The summed E-state index contributed by atoms with van der Waals surface area (Å²) in [6.45, 7) is 0.603. The lowest BCUT2D eigenvalue weighted by Gasteiger charge is -2.11. The van der Waals surface area contributed by atoms with E-state index >= 15 is 0 Å². The van der Waals surface area contributed by atoms with Gasteiger partial charge in [0, 0.05) is 12.6 Å². The molecule has 5 heteroatoms. The molecule has 0 saturated carbocycles. The highest BCUT2D eigenvalue weighted by Gasteiger charge is 2.05. The number of nitrogens with two attached hydrogens (primary N) is 1. The van der Waals surface area contributed by atoms with Gasteiger partial charge in [0.1, 0.15) is 11.6 Å². The molecule has 0 aliphatic rings. The van der Waals surface area contributed by atoms with E-state index in [2.05, 4.69) is 21.2 Å². The standard InChI is InChI=1S/C14H14BrFN2O/c1-19-10-4-2-9(3-5-10)8-18-14-6-11(15)12(16)7-13(14)17/h2-7,18H,8,17H2,1H3. The van der Waals surface area contributed by atoms with Crippen LogP contribution in [0.25, 0.3) is 0 Å². The summed E-state index contributed by atoms with van der Waals surface area (Å²) in [5.41, 5.74) is 7.92. The number of methoxy groups -OCH3 is 1. The lowest BCUT2D eigenvalue weighted by atomic mass is 10.2. The van der Waals surface area contributed by atoms with Crippen molar-refractivity contribution in [1.29, 1.82) is 0 Å². The van der Waals surface area contributed by atoms with Gasteiger partial charge in [0.15, 0.2) is 0 Å². The van der Waals surface area contributed by atoms with E-state index in [1.807, 2.05) is 24.3 Å². The Morgan fingerprint density at radius 2 is 1.95 bits per heavy atom. The van der Waals surface area contributed by atoms with Crippen molar-refractivity contribution in [2.24, 2.45) is 0 Å². The monoisotopic (exact) mass is 324 g/mol. The van der Waals surface area contributed by atoms with E-state index in [1.54, 1.807) is 13.2 Å². The van der Waals surface area contributed by atoms with Crippen LogP contribution in [0.3, 0.4) is 0 Å². The minimum atomic E-state index is -0.368. The molecule has 0 radical (unpaired) electrons. The van der Waals surface area contributed by atoms with Gasteiger partial charge in [0.2, 0.25) is 0 Å². The molecular formula is C14H14BrFN2O. The summed E-state index contributed by atoms with van der Waals surface area (Å²) in [5.74, 6) is 0.445. The van der Waals surface area contributed by atoms with E-state index in [9.17, 15) is 4.39 Å². The second-order valence-electron chi connectivity index (χ2n) is 4.06. The van der Waals surface area contributed by atoms with E-state index in [-0.39, 0.29) is 5.82 Å². The highest BCUT2D eigenvalue weighted by atomic mass is 79.9. The summed E-state index contributed by atoms with van der Waals surface area (Å²) >= 11 is 3.14. The molecule has 0 aromatic heterocycles. The molecule has 19 heavy (non-hydrogen) atoms. The number of hydrogen-bond acceptors (Lipinski definition) is 3. The molecule has 0 spiro atoms. The molecule has 0 bridgehead atoms. The van der Waals surface area contributed by atoms with Crippen LogP contribution in [0.1, 0.15) is 5.56 Å². The third-order valence-electron chi connectivity index (χ3n) is 2.73. The zero-order valence-electron chi connectivity index (χ0n) is 10.4. The fourth-order valence-electron chi connectivity index (χ4n) is 1.66. The van der Waals surface area contributed by atoms with Gasteiger partial charge >= 0.3 is 0 Å². The average molecular weight is 325 g/mol. The molecule has 3 N–H and O–H groups in total. The second-order valence-corrected chi connectivity index (χ2v) is 4.91. The number of hydrogen-bond donors (Lipinski definition) is 2. The maximum atomic E-state index is 13.2. The molecule has 0 atom stereocenters. The van der Waals surface area contributed by atoms with Crippen LogP contribution in [0.4, 0.5) is 15.8 Å². The minimum absolute atomic E-state index is 0.368. The van der Waals surface area contributed by atoms with Crippen LogP contribution in [0.2, 0.25) is 0 Å². The van der Waals surface area contributed by atoms with Crippen LogP contribution < -0.4 is 15.8 Å². The number of ether oxygens (including phenoxy) is 1. The van der Waals surface area contributed by atoms with Crippen LogP contribution in [-0.4, -0.2) is 7.11 Å². The van der Waals surface area contributed by atoms with Crippen molar-refractivity contribution < 1.29 is 9.13 Å². The number of anilines is 2. The van der Waals surface area contributed by atoms with Crippen LogP contribution in [0.15, 0.2) is 40.9 Å². The summed E-state index contributed by atoms with van der Waals surface area (Å²) < 4.78 is 18.7. The summed E-state index contributed by atoms with van der Waals surface area (Å²) in [4.78, 5) is 0. The zero-order chi connectivity index (χ0) is 13.8. The number of nitrogen functional groups attached to an aromatic ring is 1. The fourth-order valence-corrected chi connectivity index (χ4v) is 2.00. The first-order valence-electron chi connectivity index (χ1n) is 5.71. The molecule has 100 valence electrons. The van der Waals surface area contributed by atoms with Crippen molar-refractivity contribution in [3.05, 3.63) is 52.3 Å². The number of benzene rings is 2. The Bertz CT molecular complexity index is 572. The molecule has 2 aromatic rings. The SMILES string of the molecule is COc1ccc(CNc2cc(Br)c(F)cc2N)cc1. The molecule has 3 nitrogen and oxygen atoms in total. The smallest absolute Gasteiger partial charge is 0.139 e. The maximum Gasteiger partial charge on any atom is 0.139 e. The third kappa shape index (κ3) is 3.38. The van der Waals surface area contributed by atoms with E-state index < -0.39 is 0 Å². The Morgan fingerprint density at radius 1 is 1.26 bits per heavy atom. The summed E-state index contributed by atoms with van der Waals surface area (Å²) in [5, 5.41) is 3.17. The van der Waals surface area contributed by atoms with Crippen molar-refractivity contribution in [3.63, 3.8) is 0 Å². The van der Waals surface area contributed by atoms with Gasteiger partial charge in [0.05, 0.1) is 23.0 Å². The van der Waals surface area contributed by atoms with Gasteiger partial charge in [-0.15, -0.1) is 0 Å². The first-order valence-corrected chi connectivity index (χ1v) is 6.51. The molecule has 0 amide bonds. The molecule has 2 aromatic carbocycles. The third-order valence-corrected chi connectivity index (χ3v) is 3.34. The fraction of sp³-hybridized carbons (Fsp3) is 0.143. The van der Waals surface area contributed by atoms with Crippen LogP contribution in [0.5, 0.6) is 5.75 Å². The number of nitrogens with one attached hydrogen (secondary N) is 1. The summed E-state index contributed by atoms with van der Waals surface area (Å²) in [6, 6.07) is 10.6. The van der Waals surface area contributed by atoms with E-state index in [1.165, 1.54) is 6.07 Å². The normalized spacial score (nSPS) is 10.3. The first-order chi connectivity index (χ1) is 9.10. The molecular weight excluding hydrogens is 311 g/mol.